The molecule has 7 nitrogen and oxygen atoms in total. The maximum atomic E-state index is 12.6. The number of hydrogen-bond donors (Lipinski definition) is 2. The van der Waals surface area contributed by atoms with Gasteiger partial charge in [0, 0.05) is 18.9 Å². The first kappa shape index (κ1) is 22.4. The maximum Gasteiger partial charge on any atom is 0.436 e. The zero-order chi connectivity index (χ0) is 21.6. The molecular formula is C17H15ClF3N5O2S. The number of aryl methyl sites for hydroxylation is 1. The molecule has 0 bridgehead atoms. The molecule has 0 aliphatic rings. The van der Waals surface area contributed by atoms with Crippen LogP contribution in [-0.2, 0) is 11.0 Å². The van der Waals surface area contributed by atoms with Crippen molar-refractivity contribution in [3.8, 4) is 0 Å². The zero-order valence-electron chi connectivity index (χ0n) is 15.1. The molecule has 0 atom stereocenters. The number of aromatic nitrogens is 1. The van der Waals surface area contributed by atoms with Crippen LogP contribution in [0.3, 0.4) is 0 Å². The van der Waals surface area contributed by atoms with Crippen molar-refractivity contribution in [3.05, 3.63) is 52.7 Å². The van der Waals surface area contributed by atoms with Crippen molar-refractivity contribution in [1.29, 1.82) is 0 Å². The average molecular weight is 446 g/mol. The molecule has 2 N–H and O–H groups in total. The lowest BCUT2D eigenvalue weighted by atomic mass is 10.2. The van der Waals surface area contributed by atoms with E-state index in [-0.39, 0.29) is 16.0 Å². The molecule has 0 aliphatic heterocycles. The summed E-state index contributed by atoms with van der Waals surface area (Å²) in [5, 5.41) is 5.55. The Kier molecular flexibility index (Phi) is 7.35. The number of hydroxylamine groups is 2. The van der Waals surface area contributed by atoms with Crippen LogP contribution in [0.5, 0.6) is 0 Å². The summed E-state index contributed by atoms with van der Waals surface area (Å²) < 4.78 is 37.8. The summed E-state index contributed by atoms with van der Waals surface area (Å²) in [4.78, 5) is 24.1. The number of pyridine rings is 1. The number of carbonyl (C=O) groups excluding carboxylic acids is 1. The minimum atomic E-state index is -4.56. The number of halogens is 4. The van der Waals surface area contributed by atoms with E-state index >= 15 is 0 Å². The van der Waals surface area contributed by atoms with Gasteiger partial charge in [-0.3, -0.25) is 5.32 Å². The minimum absolute atomic E-state index is 0.0949. The highest BCUT2D eigenvalue weighted by Crippen LogP contribution is 2.32. The second-order valence-electron chi connectivity index (χ2n) is 5.64. The van der Waals surface area contributed by atoms with E-state index in [0.717, 1.165) is 17.0 Å². The molecule has 154 valence electrons. The van der Waals surface area contributed by atoms with Crippen LogP contribution < -0.4 is 10.6 Å². The Morgan fingerprint density at radius 3 is 2.55 bits per heavy atom. The van der Waals surface area contributed by atoms with Gasteiger partial charge in [-0.05, 0) is 37.3 Å². The fourth-order valence-electron chi connectivity index (χ4n) is 1.88. The number of aliphatic imine (C=N–C) groups is 1. The van der Waals surface area contributed by atoms with Gasteiger partial charge in [0.05, 0.1) is 10.6 Å². The van der Waals surface area contributed by atoms with E-state index < -0.39 is 17.8 Å². The van der Waals surface area contributed by atoms with Crippen molar-refractivity contribution >= 4 is 52.9 Å². The summed E-state index contributed by atoms with van der Waals surface area (Å²) in [7, 11) is 1.39. The fourth-order valence-corrected chi connectivity index (χ4v) is 2.24. The molecule has 1 amide bonds. The average Bonchev–Trinajstić information content (AvgIpc) is 2.62. The van der Waals surface area contributed by atoms with E-state index in [0.29, 0.717) is 18.0 Å². The van der Waals surface area contributed by atoms with E-state index in [1.165, 1.54) is 7.05 Å². The van der Waals surface area contributed by atoms with Crippen LogP contribution in [0.15, 0.2) is 41.5 Å². The van der Waals surface area contributed by atoms with E-state index in [1.807, 2.05) is 19.1 Å². The Morgan fingerprint density at radius 1 is 1.31 bits per heavy atom. The van der Waals surface area contributed by atoms with Gasteiger partial charge < -0.3 is 10.2 Å². The van der Waals surface area contributed by atoms with Crippen LogP contribution >= 0.6 is 23.8 Å². The van der Waals surface area contributed by atoms with Gasteiger partial charge in [-0.2, -0.15) is 18.2 Å². The van der Waals surface area contributed by atoms with Crippen molar-refractivity contribution in [1.82, 2.24) is 10.0 Å². The van der Waals surface area contributed by atoms with Gasteiger partial charge in [-0.1, -0.05) is 29.3 Å². The van der Waals surface area contributed by atoms with Crippen LogP contribution in [0.2, 0.25) is 5.02 Å². The number of alkyl halides is 3. The number of nitrogens with one attached hydrogen (secondary N) is 2. The van der Waals surface area contributed by atoms with Gasteiger partial charge in [0.2, 0.25) is 0 Å². The molecular weight excluding hydrogens is 431 g/mol. The lowest BCUT2D eigenvalue weighted by Crippen LogP contribution is -2.26. The third-order valence-electron chi connectivity index (χ3n) is 3.26. The molecule has 1 aromatic heterocycles. The van der Waals surface area contributed by atoms with Crippen LogP contribution in [0, 0.1) is 6.92 Å². The molecule has 0 radical (unpaired) electrons. The number of benzene rings is 1. The fraction of sp³-hybridized carbons (Fsp3) is 0.176. The normalized spacial score (nSPS) is 11.2. The first-order chi connectivity index (χ1) is 13.5. The van der Waals surface area contributed by atoms with Crippen molar-refractivity contribution in [2.24, 2.45) is 4.99 Å². The predicted octanol–water partition coefficient (Wildman–Crippen LogP) is 4.88. The molecule has 0 unspecified atom stereocenters. The number of anilines is 2. The number of hydrogen-bond acceptors (Lipinski definition) is 4. The molecule has 0 saturated heterocycles. The van der Waals surface area contributed by atoms with Crippen LogP contribution in [0.1, 0.15) is 11.1 Å². The van der Waals surface area contributed by atoms with E-state index in [1.54, 1.807) is 12.1 Å². The summed E-state index contributed by atoms with van der Waals surface area (Å²) in [6, 6.07) is 7.79. The summed E-state index contributed by atoms with van der Waals surface area (Å²) >= 11 is 10.7. The highest BCUT2D eigenvalue weighted by Gasteiger charge is 2.31. The molecule has 29 heavy (non-hydrogen) atoms. The Hall–Kier alpha value is -2.92. The third-order valence-corrected chi connectivity index (χ3v) is 3.75. The molecule has 0 saturated carbocycles. The van der Waals surface area contributed by atoms with Crippen molar-refractivity contribution in [3.63, 3.8) is 0 Å². The first-order valence-electron chi connectivity index (χ1n) is 7.91. The number of amides is 1. The number of nitrogens with zero attached hydrogens (tertiary/aromatic N) is 3. The summed E-state index contributed by atoms with van der Waals surface area (Å²) in [6.45, 7) is 1.91. The van der Waals surface area contributed by atoms with Crippen molar-refractivity contribution in [2.45, 2.75) is 13.1 Å². The lowest BCUT2D eigenvalue weighted by Gasteiger charge is -2.13. The Balaban J connectivity index is 1.88. The van der Waals surface area contributed by atoms with Crippen LogP contribution in [0.25, 0.3) is 0 Å². The third kappa shape index (κ3) is 7.20. The standard InChI is InChI=1S/C17H15ClF3N5O2S/c1-10-3-5-12(6-4-10)24-16(27)28-26(2)9-23-15(29)25-14-13(18)7-11(8-22-14)17(19,20)21/h3-9H,1-2H3,(H,24,27)(H,22,25,29). The van der Waals surface area contributed by atoms with Gasteiger partial charge in [0.25, 0.3) is 0 Å². The largest absolute Gasteiger partial charge is 0.436 e. The highest BCUT2D eigenvalue weighted by molar-refractivity contribution is 7.80. The molecule has 0 aliphatic carbocycles. The van der Waals surface area contributed by atoms with Gasteiger partial charge in [0.15, 0.2) is 10.9 Å². The molecule has 0 spiro atoms. The topological polar surface area (TPSA) is 78.8 Å². The van der Waals surface area contributed by atoms with Crippen LogP contribution in [0.4, 0.5) is 29.5 Å². The number of thiocarbonyl (C=S) groups is 1. The van der Waals surface area contributed by atoms with E-state index in [4.69, 9.17) is 28.7 Å². The first-order valence-corrected chi connectivity index (χ1v) is 8.69. The van der Waals surface area contributed by atoms with Gasteiger partial charge in [-0.15, -0.1) is 0 Å². The van der Waals surface area contributed by atoms with E-state index in [2.05, 4.69) is 20.6 Å². The van der Waals surface area contributed by atoms with Gasteiger partial charge in [-0.25, -0.2) is 14.8 Å². The van der Waals surface area contributed by atoms with Crippen molar-refractivity contribution in [2.75, 3.05) is 17.7 Å². The lowest BCUT2D eigenvalue weighted by molar-refractivity contribution is -0.137. The zero-order valence-corrected chi connectivity index (χ0v) is 16.7. The van der Waals surface area contributed by atoms with E-state index in [9.17, 15) is 18.0 Å². The smallest absolute Gasteiger partial charge is 0.321 e. The SMILES string of the molecule is Cc1ccc(NC(=O)ON(C)C=NC(=S)Nc2ncc(C(F)(F)F)cc2Cl)cc1. The molecule has 2 rings (SSSR count). The van der Waals surface area contributed by atoms with Gasteiger partial charge in [0.1, 0.15) is 6.34 Å². The Bertz CT molecular complexity index is 922. The molecule has 1 heterocycles. The molecule has 1 aromatic carbocycles. The summed E-state index contributed by atoms with van der Waals surface area (Å²) in [6.07, 6.45) is -3.62. The molecule has 2 aromatic rings. The Labute approximate surface area is 174 Å². The predicted molar refractivity (Wildman–Crippen MR) is 108 cm³/mol. The van der Waals surface area contributed by atoms with Crippen LogP contribution in [-0.4, -0.2) is 34.6 Å². The summed E-state index contributed by atoms with van der Waals surface area (Å²) in [5.74, 6) is -0.0949. The second kappa shape index (κ2) is 9.52. The second-order valence-corrected chi connectivity index (χ2v) is 6.44. The number of rotatable bonds is 4. The molecule has 0 fully saturated rings. The minimum Gasteiger partial charge on any atom is -0.321 e. The monoisotopic (exact) mass is 445 g/mol. The van der Waals surface area contributed by atoms with Gasteiger partial charge >= 0.3 is 12.3 Å². The quantitative estimate of drug-likeness (QED) is 0.302. The maximum absolute atomic E-state index is 12.6. The summed E-state index contributed by atoms with van der Waals surface area (Å²) in [5.41, 5.74) is 0.596. The number of carbonyl (C=O) groups is 1. The van der Waals surface area contributed by atoms with Crippen molar-refractivity contribution < 1.29 is 22.8 Å². The Morgan fingerprint density at radius 2 is 1.97 bits per heavy atom. The highest BCUT2D eigenvalue weighted by atomic mass is 35.5. The molecule has 12 heteroatoms.